The summed E-state index contributed by atoms with van der Waals surface area (Å²) in [5.41, 5.74) is 17.7. The number of hydrogen-bond acceptors (Lipinski definition) is 7. The molecule has 1 unspecified atom stereocenters. The zero-order valence-corrected chi connectivity index (χ0v) is 34.2. The van der Waals surface area contributed by atoms with E-state index in [-0.39, 0.29) is 76.8 Å². The van der Waals surface area contributed by atoms with Crippen LogP contribution in [0.15, 0.2) is 53.5 Å². The molecular weight excluding hydrogens is 755 g/mol. The van der Waals surface area contributed by atoms with E-state index in [9.17, 15) is 24.0 Å². The largest absolute Gasteiger partial charge is 0.654 e. The van der Waals surface area contributed by atoms with Crippen LogP contribution in [0.1, 0.15) is 68.2 Å². The number of carbonyl (C=O) groups is 5. The summed E-state index contributed by atoms with van der Waals surface area (Å²) in [5.74, 6) is -2.38. The zero-order chi connectivity index (χ0) is 38.8. The number of nitrogens with one attached hydrogen (secondary N) is 3. The van der Waals surface area contributed by atoms with Crippen molar-refractivity contribution in [2.45, 2.75) is 95.8 Å². The third-order valence-electron chi connectivity index (χ3n) is 9.11. The van der Waals surface area contributed by atoms with Crippen molar-refractivity contribution in [3.8, 4) is 0 Å². The number of amides is 6. The first kappa shape index (κ1) is 46.7. The minimum Gasteiger partial charge on any atom is -0.654 e. The fraction of sp³-hybridized carbons (Fsp3) is 0.486. The topological polar surface area (TPSA) is 246 Å². The molecule has 1 aliphatic rings. The van der Waals surface area contributed by atoms with Crippen LogP contribution in [-0.2, 0) is 80.7 Å². The van der Waals surface area contributed by atoms with Crippen molar-refractivity contribution in [3.05, 3.63) is 76.1 Å². The summed E-state index contributed by atoms with van der Waals surface area (Å²) in [4.78, 5) is 81.4. The molecule has 0 fully saturated rings. The van der Waals surface area contributed by atoms with E-state index in [1.54, 1.807) is 13.8 Å². The monoisotopic (exact) mass is 808 g/mol. The van der Waals surface area contributed by atoms with Gasteiger partial charge in [0.2, 0.25) is 23.6 Å². The van der Waals surface area contributed by atoms with E-state index in [1.807, 2.05) is 55.5 Å². The minimum absolute atomic E-state index is 0. The van der Waals surface area contributed by atoms with Gasteiger partial charge in [-0.25, -0.2) is 0 Å². The average Bonchev–Trinajstić information content (AvgIpc) is 3.12. The van der Waals surface area contributed by atoms with Crippen LogP contribution < -0.4 is 33.2 Å². The van der Waals surface area contributed by atoms with Crippen LogP contribution in [0.3, 0.4) is 0 Å². The number of aliphatic imine (C=N–C) groups is 1. The first-order chi connectivity index (χ1) is 24.8. The molecule has 2 aromatic carbocycles. The minimum atomic E-state index is -1.28. The number of nitrogens with two attached hydrogens (primary N) is 3. The van der Waals surface area contributed by atoms with E-state index in [0.29, 0.717) is 25.7 Å². The molecule has 4 atom stereocenters. The number of primary amides is 1. The zero-order valence-electron chi connectivity index (χ0n) is 31.3. The van der Waals surface area contributed by atoms with Crippen LogP contribution >= 0.6 is 0 Å². The summed E-state index contributed by atoms with van der Waals surface area (Å²) in [6.07, 6.45) is 3.36. The number of aryl methyl sites for hydroxylation is 1. The Bertz CT molecular complexity index is 1570. The molecule has 0 spiro atoms. The molecule has 9 N–H and O–H groups in total. The number of hydrogen-bond donors (Lipinski definition) is 6. The molecule has 6 amide bonds. The van der Waals surface area contributed by atoms with Gasteiger partial charge in [0.1, 0.15) is 17.6 Å². The summed E-state index contributed by atoms with van der Waals surface area (Å²) >= 11 is 0. The number of benzene rings is 2. The van der Waals surface area contributed by atoms with Gasteiger partial charge < -0.3 is 53.0 Å². The third kappa shape index (κ3) is 13.8. The van der Waals surface area contributed by atoms with Gasteiger partial charge in [0.25, 0.3) is 0 Å². The Kier molecular flexibility index (Phi) is 20.5. The third-order valence-corrected chi connectivity index (χ3v) is 9.11. The fourth-order valence-electron chi connectivity index (χ4n) is 6.30. The van der Waals surface area contributed by atoms with E-state index in [0.717, 1.165) is 28.7 Å². The standard InChI is InChI=1S/C36H52N8O5.CH2NO.Y/c1-6-29(32(47)39-4)44(5)33(48)27(17-12-20-40-35(37)38)41-31(46)28(21-24-14-9-8-10-15-24)42-34(49)36(43-30(45)7-2)19-18-26-23(3)13-11-16-25(26)22-36;2-1-3;/h8-11,13-16,27-29H,6-7,12,17-22H2,1-5H3,(H8,37,38,39,40,41,42,43,45,46,47,49);(H2,2,3);/q;-1;/p-1/t27-,28+,29-,36?;;/m0../s1. The van der Waals surface area contributed by atoms with Gasteiger partial charge in [-0.1, -0.05) is 62.4 Å². The Balaban J connectivity index is 0.00000339. The number of rotatable bonds is 16. The van der Waals surface area contributed by atoms with Gasteiger partial charge in [0, 0.05) is 65.6 Å². The predicted octanol–water partition coefficient (Wildman–Crippen LogP) is 0.792. The first-order valence-electron chi connectivity index (χ1n) is 17.3. The number of guanidine groups is 1. The summed E-state index contributed by atoms with van der Waals surface area (Å²) in [7, 11) is 2.87. The molecule has 3 rings (SSSR count). The van der Waals surface area contributed by atoms with Crippen LogP contribution in [0.5, 0.6) is 0 Å². The first-order valence-corrected chi connectivity index (χ1v) is 17.3. The molecule has 53 heavy (non-hydrogen) atoms. The Hall–Kier alpha value is -4.37. The maximum absolute atomic E-state index is 14.3. The van der Waals surface area contributed by atoms with Gasteiger partial charge in [0.05, 0.1) is 11.9 Å². The normalized spacial score (nSPS) is 15.9. The van der Waals surface area contributed by atoms with Crippen molar-refractivity contribution in [3.63, 3.8) is 0 Å². The van der Waals surface area contributed by atoms with E-state index in [2.05, 4.69) is 32.0 Å². The van der Waals surface area contributed by atoms with E-state index >= 15 is 0 Å². The van der Waals surface area contributed by atoms with Crippen molar-refractivity contribution in [1.29, 1.82) is 0 Å². The molecule has 0 bridgehead atoms. The van der Waals surface area contributed by atoms with Crippen molar-refractivity contribution < 1.29 is 61.5 Å². The summed E-state index contributed by atoms with van der Waals surface area (Å²) in [6.45, 7) is 5.74. The van der Waals surface area contributed by atoms with Gasteiger partial charge in [0.15, 0.2) is 5.96 Å². The molecule has 2 aromatic rings. The maximum atomic E-state index is 14.3. The molecule has 287 valence electrons. The van der Waals surface area contributed by atoms with Crippen LogP contribution in [0.4, 0.5) is 0 Å². The summed E-state index contributed by atoms with van der Waals surface area (Å²) in [5, 5.41) is 12.5. The second kappa shape index (κ2) is 23.3. The molecule has 0 heterocycles. The Labute approximate surface area is 337 Å². The van der Waals surface area contributed by atoms with Crippen molar-refractivity contribution in [2.75, 3.05) is 20.6 Å². The van der Waals surface area contributed by atoms with Crippen LogP contribution in [0.25, 0.3) is 5.32 Å². The van der Waals surface area contributed by atoms with Gasteiger partial charge in [-0.3, -0.25) is 24.2 Å². The summed E-state index contributed by atoms with van der Waals surface area (Å²) < 4.78 is 0. The van der Waals surface area contributed by atoms with E-state index < -0.39 is 47.3 Å². The maximum Gasteiger partial charge on any atom is 0.246 e. The fourth-order valence-corrected chi connectivity index (χ4v) is 6.30. The molecule has 0 aromatic heterocycles. The second-order valence-corrected chi connectivity index (χ2v) is 12.7. The molecule has 1 radical (unpaired) electrons. The summed E-state index contributed by atoms with van der Waals surface area (Å²) in [6, 6.07) is 12.2. The molecular formula is C37H53N9O6Y-2. The Morgan fingerprint density at radius 1 is 1.02 bits per heavy atom. The van der Waals surface area contributed by atoms with Crippen LogP contribution in [0, 0.1) is 6.92 Å². The van der Waals surface area contributed by atoms with Gasteiger partial charge >= 0.3 is 0 Å². The quantitative estimate of drug-likeness (QED) is 0.0465. The Morgan fingerprint density at radius 2 is 1.68 bits per heavy atom. The predicted molar refractivity (Wildman–Crippen MR) is 199 cm³/mol. The van der Waals surface area contributed by atoms with Gasteiger partial charge in [-0.05, 0) is 61.3 Å². The molecule has 16 heteroatoms. The van der Waals surface area contributed by atoms with Gasteiger partial charge in [-0.2, -0.15) is 6.41 Å². The SMILES string of the molecule is CCC(=O)NC1(C(=O)N[C@H](Cc2ccccc2)C(=O)N[C@@H](CCCN=C(N)N)C(=O)N(C)[C@@H](CC)C(=O)[N-]C)CCc2c(C)cccc2C1.N[C-]=O.[Y]. The Morgan fingerprint density at radius 3 is 2.26 bits per heavy atom. The van der Waals surface area contributed by atoms with Crippen molar-refractivity contribution in [1.82, 2.24) is 20.9 Å². The molecule has 0 saturated carbocycles. The number of likely N-dealkylation sites (N-methyl/N-ethyl adjacent to an activating group) is 2. The second-order valence-electron chi connectivity index (χ2n) is 12.7. The number of fused-ring (bicyclic) bond motifs is 1. The van der Waals surface area contributed by atoms with E-state index in [4.69, 9.17) is 16.3 Å². The molecule has 0 aliphatic heterocycles. The van der Waals surface area contributed by atoms with Crippen LogP contribution in [0.2, 0.25) is 0 Å². The molecule has 0 saturated heterocycles. The average molecular weight is 809 g/mol. The molecule has 15 nitrogen and oxygen atoms in total. The molecule has 1 aliphatic carbocycles. The smallest absolute Gasteiger partial charge is 0.246 e. The van der Waals surface area contributed by atoms with Gasteiger partial charge in [-0.15, -0.1) is 7.05 Å². The van der Waals surface area contributed by atoms with Crippen molar-refractivity contribution >= 4 is 41.9 Å². The number of nitrogens with zero attached hydrogens (tertiary/aromatic N) is 3. The van der Waals surface area contributed by atoms with E-state index in [1.165, 1.54) is 19.0 Å². The number of carbonyl (C=O) groups excluding carboxylic acids is 6. The van der Waals surface area contributed by atoms with Crippen molar-refractivity contribution in [2.24, 2.45) is 22.2 Å². The van der Waals surface area contributed by atoms with Crippen LogP contribution in [-0.4, -0.2) is 91.1 Å².